The summed E-state index contributed by atoms with van der Waals surface area (Å²) >= 11 is 1.57. The lowest BCUT2D eigenvalue weighted by molar-refractivity contribution is -0.139. The zero-order chi connectivity index (χ0) is 17.6. The van der Waals surface area contributed by atoms with E-state index >= 15 is 0 Å². The molecule has 3 rings (SSSR count). The van der Waals surface area contributed by atoms with Crippen molar-refractivity contribution in [3.8, 4) is 11.3 Å². The smallest absolute Gasteiger partial charge is 0.309 e. The Hall–Kier alpha value is -2.93. The third-order valence-corrected chi connectivity index (χ3v) is 4.15. The van der Waals surface area contributed by atoms with Crippen molar-refractivity contribution in [3.63, 3.8) is 0 Å². The number of halogens is 1. The summed E-state index contributed by atoms with van der Waals surface area (Å²) < 4.78 is 18.4. The van der Waals surface area contributed by atoms with Crippen LogP contribution in [0.2, 0.25) is 0 Å². The van der Waals surface area contributed by atoms with Crippen molar-refractivity contribution < 1.29 is 18.4 Å². The number of carbonyl (C=O) groups excluding carboxylic acids is 2. The molecule has 0 saturated carbocycles. The molecule has 128 valence electrons. The number of thiophene rings is 1. The first-order chi connectivity index (χ1) is 12.1. The van der Waals surface area contributed by atoms with E-state index in [1.807, 2.05) is 22.9 Å². The van der Waals surface area contributed by atoms with Gasteiger partial charge in [0, 0.05) is 17.5 Å². The molecular weight excluding hydrogens is 343 g/mol. The van der Waals surface area contributed by atoms with Gasteiger partial charge in [0.25, 0.3) is 0 Å². The molecule has 5 nitrogen and oxygen atoms in total. The number of amides is 2. The Morgan fingerprint density at radius 2 is 1.68 bits per heavy atom. The van der Waals surface area contributed by atoms with Crippen LogP contribution in [0.5, 0.6) is 0 Å². The van der Waals surface area contributed by atoms with Crippen molar-refractivity contribution in [2.75, 3.05) is 0 Å². The lowest BCUT2D eigenvalue weighted by atomic mass is 10.2. The highest BCUT2D eigenvalue weighted by Crippen LogP contribution is 2.24. The molecule has 25 heavy (non-hydrogen) atoms. The van der Waals surface area contributed by atoms with Crippen LogP contribution in [0, 0.1) is 5.82 Å². The average Bonchev–Trinajstić information content (AvgIpc) is 3.30. The molecule has 0 aliphatic rings. The summed E-state index contributed by atoms with van der Waals surface area (Å²) in [6.45, 7) is 0.266. The van der Waals surface area contributed by atoms with Gasteiger partial charge in [0.2, 0.25) is 0 Å². The van der Waals surface area contributed by atoms with Gasteiger partial charge in [-0.05, 0) is 41.3 Å². The molecule has 0 bridgehead atoms. The summed E-state index contributed by atoms with van der Waals surface area (Å²) in [6, 6.07) is 11.2. The highest BCUT2D eigenvalue weighted by Gasteiger charge is 2.14. The van der Waals surface area contributed by atoms with Crippen LogP contribution >= 0.6 is 11.3 Å². The van der Waals surface area contributed by atoms with Crippen molar-refractivity contribution >= 4 is 23.2 Å². The molecule has 0 saturated heterocycles. The molecule has 2 heterocycles. The van der Waals surface area contributed by atoms with E-state index in [4.69, 9.17) is 4.42 Å². The maximum absolute atomic E-state index is 12.8. The van der Waals surface area contributed by atoms with Gasteiger partial charge in [-0.3, -0.25) is 9.59 Å². The van der Waals surface area contributed by atoms with Crippen LogP contribution in [0.3, 0.4) is 0 Å². The summed E-state index contributed by atoms with van der Waals surface area (Å²) in [5.41, 5.74) is 1.67. The summed E-state index contributed by atoms with van der Waals surface area (Å²) in [6.07, 6.45) is 0. The van der Waals surface area contributed by atoms with Crippen LogP contribution in [0.25, 0.3) is 11.3 Å². The van der Waals surface area contributed by atoms with Crippen molar-refractivity contribution in [3.05, 3.63) is 70.4 Å². The zero-order valence-electron chi connectivity index (χ0n) is 13.1. The normalized spacial score (nSPS) is 10.4. The predicted octanol–water partition coefficient (Wildman–Crippen LogP) is 3.08. The minimum atomic E-state index is -0.756. The Kier molecular flexibility index (Phi) is 5.25. The van der Waals surface area contributed by atoms with E-state index in [1.54, 1.807) is 29.5 Å². The van der Waals surface area contributed by atoms with Gasteiger partial charge >= 0.3 is 11.8 Å². The molecule has 3 aromatic rings. The Balaban J connectivity index is 1.47. The Morgan fingerprint density at radius 1 is 0.960 bits per heavy atom. The first kappa shape index (κ1) is 16.9. The molecule has 0 fully saturated rings. The topological polar surface area (TPSA) is 71.3 Å². The molecular formula is C18H15FN2O3S. The number of nitrogens with one attached hydrogen (secondary N) is 2. The monoisotopic (exact) mass is 358 g/mol. The Bertz CT molecular complexity index is 857. The Morgan fingerprint density at radius 3 is 2.36 bits per heavy atom. The molecule has 0 unspecified atom stereocenters. The lowest BCUT2D eigenvalue weighted by Crippen LogP contribution is -2.39. The largest absolute Gasteiger partial charge is 0.459 e. The van der Waals surface area contributed by atoms with Gasteiger partial charge < -0.3 is 15.1 Å². The summed E-state index contributed by atoms with van der Waals surface area (Å²) in [5.74, 6) is -0.593. The fourth-order valence-electron chi connectivity index (χ4n) is 2.15. The van der Waals surface area contributed by atoms with E-state index in [0.29, 0.717) is 17.1 Å². The van der Waals surface area contributed by atoms with Gasteiger partial charge in [0.1, 0.15) is 17.3 Å². The second kappa shape index (κ2) is 7.76. The van der Waals surface area contributed by atoms with E-state index in [9.17, 15) is 14.0 Å². The van der Waals surface area contributed by atoms with Crippen LogP contribution in [0.4, 0.5) is 4.39 Å². The Labute approximate surface area is 147 Å². The summed E-state index contributed by atoms with van der Waals surface area (Å²) in [5, 5.41) is 8.89. The number of hydrogen-bond acceptors (Lipinski definition) is 4. The number of furan rings is 1. The SMILES string of the molecule is O=C(NCc1ccc(F)cc1)C(=O)NCc1ccc(-c2ccsc2)o1. The van der Waals surface area contributed by atoms with Gasteiger partial charge in [-0.1, -0.05) is 12.1 Å². The van der Waals surface area contributed by atoms with Gasteiger partial charge in [0.05, 0.1) is 6.54 Å². The summed E-state index contributed by atoms with van der Waals surface area (Å²) in [4.78, 5) is 23.6. The first-order valence-corrected chi connectivity index (χ1v) is 8.48. The molecule has 0 atom stereocenters. The van der Waals surface area contributed by atoms with Gasteiger partial charge in [-0.2, -0.15) is 11.3 Å². The minimum absolute atomic E-state index is 0.118. The minimum Gasteiger partial charge on any atom is -0.459 e. The second-order valence-electron chi connectivity index (χ2n) is 5.27. The zero-order valence-corrected chi connectivity index (χ0v) is 13.9. The molecule has 1 aromatic carbocycles. The molecule has 0 radical (unpaired) electrons. The third kappa shape index (κ3) is 4.54. The molecule has 0 aliphatic heterocycles. The highest BCUT2D eigenvalue weighted by molar-refractivity contribution is 7.08. The van der Waals surface area contributed by atoms with E-state index in [0.717, 1.165) is 5.56 Å². The molecule has 2 amide bonds. The van der Waals surface area contributed by atoms with E-state index in [1.165, 1.54) is 12.1 Å². The quantitative estimate of drug-likeness (QED) is 0.689. The van der Waals surface area contributed by atoms with Gasteiger partial charge in [-0.15, -0.1) is 0 Å². The van der Waals surface area contributed by atoms with E-state index < -0.39 is 11.8 Å². The van der Waals surface area contributed by atoms with Crippen LogP contribution in [0.15, 0.2) is 57.6 Å². The van der Waals surface area contributed by atoms with Crippen molar-refractivity contribution in [2.24, 2.45) is 0 Å². The molecule has 2 N–H and O–H groups in total. The van der Waals surface area contributed by atoms with Crippen LogP contribution in [-0.4, -0.2) is 11.8 Å². The highest BCUT2D eigenvalue weighted by atomic mass is 32.1. The van der Waals surface area contributed by atoms with Gasteiger partial charge in [0.15, 0.2) is 0 Å². The van der Waals surface area contributed by atoms with Crippen LogP contribution < -0.4 is 10.6 Å². The van der Waals surface area contributed by atoms with E-state index in [2.05, 4.69) is 10.6 Å². The van der Waals surface area contributed by atoms with Crippen molar-refractivity contribution in [1.29, 1.82) is 0 Å². The predicted molar refractivity (Wildman–Crippen MR) is 92.1 cm³/mol. The molecule has 0 spiro atoms. The number of rotatable bonds is 5. The maximum Gasteiger partial charge on any atom is 0.309 e. The third-order valence-electron chi connectivity index (χ3n) is 3.46. The van der Waals surface area contributed by atoms with Crippen LogP contribution in [-0.2, 0) is 22.7 Å². The molecule has 2 aromatic heterocycles. The standard InChI is InChI=1S/C18H15FN2O3S/c19-14-3-1-12(2-4-14)9-20-17(22)18(23)21-10-15-5-6-16(24-15)13-7-8-25-11-13/h1-8,11H,9-10H2,(H,20,22)(H,21,23). The van der Waals surface area contributed by atoms with Gasteiger partial charge in [-0.25, -0.2) is 4.39 Å². The number of carbonyl (C=O) groups is 2. The van der Waals surface area contributed by atoms with Crippen molar-refractivity contribution in [2.45, 2.75) is 13.1 Å². The van der Waals surface area contributed by atoms with E-state index in [-0.39, 0.29) is 18.9 Å². The molecule has 7 heteroatoms. The van der Waals surface area contributed by atoms with Crippen LogP contribution in [0.1, 0.15) is 11.3 Å². The number of hydrogen-bond donors (Lipinski definition) is 2. The second-order valence-corrected chi connectivity index (χ2v) is 6.05. The number of benzene rings is 1. The summed E-state index contributed by atoms with van der Waals surface area (Å²) in [7, 11) is 0. The fraction of sp³-hybridized carbons (Fsp3) is 0.111. The van der Waals surface area contributed by atoms with Crippen molar-refractivity contribution in [1.82, 2.24) is 10.6 Å². The maximum atomic E-state index is 12.8. The fourth-order valence-corrected chi connectivity index (χ4v) is 2.79. The molecule has 0 aliphatic carbocycles. The lowest BCUT2D eigenvalue weighted by Gasteiger charge is -2.05. The average molecular weight is 358 g/mol. The first-order valence-electron chi connectivity index (χ1n) is 7.53.